The van der Waals surface area contributed by atoms with Crippen LogP contribution in [0.25, 0.3) is 0 Å². The number of halogens is 2. The Hall–Kier alpha value is -0.210. The van der Waals surface area contributed by atoms with Crippen LogP contribution in [0.1, 0.15) is 4.88 Å². The monoisotopic (exact) mass is 425 g/mol. The first-order valence-corrected chi connectivity index (χ1v) is 7.62. The molecule has 0 aliphatic rings. The molecule has 1 heterocycles. The maximum Gasteiger partial charge on any atom is 0.159 e. The molecule has 1 aromatic rings. The van der Waals surface area contributed by atoms with Gasteiger partial charge in [0.25, 0.3) is 0 Å². The van der Waals surface area contributed by atoms with Crippen LogP contribution in [-0.4, -0.2) is 18.2 Å². The van der Waals surface area contributed by atoms with E-state index in [4.69, 9.17) is 5.73 Å². The maximum absolute atomic E-state index is 5.33. The molecular formula is C11H13BrIN3S. The van der Waals surface area contributed by atoms with Gasteiger partial charge in [0.15, 0.2) is 3.92 Å². The Morgan fingerprint density at radius 3 is 3.06 bits per heavy atom. The first kappa shape index (κ1) is 14.8. The molecule has 0 fully saturated rings. The highest BCUT2D eigenvalue weighted by Crippen LogP contribution is 2.26. The Morgan fingerprint density at radius 2 is 2.53 bits per heavy atom. The number of hydrogen-bond acceptors (Lipinski definition) is 4. The van der Waals surface area contributed by atoms with Gasteiger partial charge in [0, 0.05) is 30.3 Å². The fourth-order valence-electron chi connectivity index (χ4n) is 1.27. The van der Waals surface area contributed by atoms with E-state index in [-0.39, 0.29) is 5.92 Å². The summed E-state index contributed by atoms with van der Waals surface area (Å²) >= 11 is 7.34. The minimum atomic E-state index is 0.282. The van der Waals surface area contributed by atoms with Crippen molar-refractivity contribution in [1.82, 2.24) is 4.98 Å². The van der Waals surface area contributed by atoms with Crippen molar-refractivity contribution >= 4 is 56.1 Å². The predicted molar refractivity (Wildman–Crippen MR) is 86.9 cm³/mol. The van der Waals surface area contributed by atoms with E-state index < -0.39 is 0 Å². The van der Waals surface area contributed by atoms with Gasteiger partial charge < -0.3 is 10.7 Å². The molecule has 1 aromatic heterocycles. The quantitative estimate of drug-likeness (QED) is 0.445. The fraction of sp³-hybridized carbons (Fsp3) is 0.273. The number of nitrogens with two attached hydrogens (primary N) is 1. The first-order valence-electron chi connectivity index (χ1n) is 4.93. The van der Waals surface area contributed by atoms with E-state index in [0.717, 1.165) is 10.3 Å². The van der Waals surface area contributed by atoms with Crippen LogP contribution in [-0.2, 0) is 6.42 Å². The van der Waals surface area contributed by atoms with Crippen molar-refractivity contribution in [3.05, 3.63) is 36.9 Å². The zero-order chi connectivity index (χ0) is 12.7. The largest absolute Gasteiger partial charge is 0.405 e. The van der Waals surface area contributed by atoms with Gasteiger partial charge >= 0.3 is 0 Å². The van der Waals surface area contributed by atoms with E-state index in [1.165, 1.54) is 14.7 Å². The van der Waals surface area contributed by atoms with Crippen LogP contribution in [0, 0.1) is 5.92 Å². The summed E-state index contributed by atoms with van der Waals surface area (Å²) in [6, 6.07) is 0. The van der Waals surface area contributed by atoms with E-state index in [1.54, 1.807) is 18.4 Å². The summed E-state index contributed by atoms with van der Waals surface area (Å²) in [6.07, 6.45) is 10.1. The second kappa shape index (κ2) is 7.99. The van der Waals surface area contributed by atoms with Crippen molar-refractivity contribution in [2.75, 3.05) is 7.05 Å². The summed E-state index contributed by atoms with van der Waals surface area (Å²) in [6.45, 7) is 0. The van der Waals surface area contributed by atoms with Crippen LogP contribution in [0.5, 0.6) is 0 Å². The van der Waals surface area contributed by atoms with Gasteiger partial charge in [-0.05, 0) is 60.8 Å². The normalized spacial score (nSPS) is 14.9. The van der Waals surface area contributed by atoms with E-state index in [2.05, 4.69) is 48.5 Å². The van der Waals surface area contributed by atoms with Crippen LogP contribution in [0.15, 0.2) is 37.0 Å². The second-order valence-electron chi connectivity index (χ2n) is 3.23. The number of aliphatic imine (C=N–C) groups is 1. The van der Waals surface area contributed by atoms with E-state index in [0.29, 0.717) is 0 Å². The predicted octanol–water partition coefficient (Wildman–Crippen LogP) is 3.56. The minimum absolute atomic E-state index is 0.282. The molecule has 0 spiro atoms. The molecule has 0 aliphatic carbocycles. The van der Waals surface area contributed by atoms with Gasteiger partial charge in [0.2, 0.25) is 0 Å². The van der Waals surface area contributed by atoms with Crippen LogP contribution in [0.3, 0.4) is 0 Å². The van der Waals surface area contributed by atoms with Crippen molar-refractivity contribution in [3.8, 4) is 0 Å². The van der Waals surface area contributed by atoms with Gasteiger partial charge in [-0.2, -0.15) is 0 Å². The Balaban J connectivity index is 2.79. The Labute approximate surface area is 127 Å². The van der Waals surface area contributed by atoms with Gasteiger partial charge in [-0.3, -0.25) is 0 Å². The third-order valence-electron chi connectivity index (χ3n) is 2.00. The molecule has 0 amide bonds. The molecule has 0 aromatic carbocycles. The molecule has 0 saturated carbocycles. The summed E-state index contributed by atoms with van der Waals surface area (Å²) in [5.41, 5.74) is 5.33. The van der Waals surface area contributed by atoms with Crippen molar-refractivity contribution in [3.63, 3.8) is 0 Å². The lowest BCUT2D eigenvalue weighted by Crippen LogP contribution is -2.05. The van der Waals surface area contributed by atoms with Crippen LogP contribution in [0.2, 0.25) is 0 Å². The Bertz CT molecular complexity index is 440. The summed E-state index contributed by atoms with van der Waals surface area (Å²) in [7, 11) is 1.79. The maximum atomic E-state index is 5.33. The average Bonchev–Trinajstić information content (AvgIpc) is 2.71. The lowest BCUT2D eigenvalue weighted by molar-refractivity contribution is 0.871. The first-order chi connectivity index (χ1) is 8.17. The Morgan fingerprint density at radius 1 is 1.76 bits per heavy atom. The average molecular weight is 426 g/mol. The molecule has 17 heavy (non-hydrogen) atoms. The smallest absolute Gasteiger partial charge is 0.159 e. The summed E-state index contributed by atoms with van der Waals surface area (Å²) in [5, 5.41) is 0. The van der Waals surface area contributed by atoms with Crippen molar-refractivity contribution < 1.29 is 0 Å². The van der Waals surface area contributed by atoms with E-state index in [9.17, 15) is 0 Å². The van der Waals surface area contributed by atoms with E-state index in [1.807, 2.05) is 24.6 Å². The second-order valence-corrected chi connectivity index (χ2v) is 6.87. The van der Waals surface area contributed by atoms with E-state index >= 15 is 0 Å². The summed E-state index contributed by atoms with van der Waals surface area (Å²) in [5.74, 6) is 0.282. The van der Waals surface area contributed by atoms with Crippen LogP contribution < -0.4 is 5.73 Å². The van der Waals surface area contributed by atoms with Gasteiger partial charge in [-0.15, -0.1) is 11.3 Å². The molecule has 0 radical (unpaired) electrons. The standard InChI is InChI=1S/C11H13BrIN3S/c1-15-6-8(10(13)3-2-4-14)5-9-7-16-11(12)17-9/h2-4,6-8H,5,14H2,1H3/b4-2-,10-3-,15-6?. The molecule has 1 atom stereocenters. The topological polar surface area (TPSA) is 51.3 Å². The number of thiazole rings is 1. The van der Waals surface area contributed by atoms with Crippen molar-refractivity contribution in [2.24, 2.45) is 16.6 Å². The number of allylic oxidation sites excluding steroid dienone is 3. The zero-order valence-corrected chi connectivity index (χ0v) is 13.9. The molecule has 1 unspecified atom stereocenters. The van der Waals surface area contributed by atoms with Gasteiger partial charge in [0.1, 0.15) is 0 Å². The summed E-state index contributed by atoms with van der Waals surface area (Å²) < 4.78 is 2.12. The van der Waals surface area contributed by atoms with Crippen molar-refractivity contribution in [2.45, 2.75) is 6.42 Å². The molecule has 0 saturated heterocycles. The molecule has 0 aliphatic heterocycles. The fourth-order valence-corrected chi connectivity index (χ4v) is 3.27. The molecule has 0 bridgehead atoms. The zero-order valence-electron chi connectivity index (χ0n) is 9.31. The number of rotatable bonds is 5. The third-order valence-corrected chi connectivity index (χ3v) is 4.65. The van der Waals surface area contributed by atoms with Gasteiger partial charge in [0.05, 0.1) is 0 Å². The van der Waals surface area contributed by atoms with Gasteiger partial charge in [-0.1, -0.05) is 6.08 Å². The highest BCUT2D eigenvalue weighted by Gasteiger charge is 2.12. The number of hydrogen-bond donors (Lipinski definition) is 1. The van der Waals surface area contributed by atoms with Crippen LogP contribution in [0.4, 0.5) is 0 Å². The highest BCUT2D eigenvalue weighted by molar-refractivity contribution is 14.1. The molecule has 92 valence electrons. The minimum Gasteiger partial charge on any atom is -0.405 e. The number of aromatic nitrogens is 1. The Kier molecular flexibility index (Phi) is 6.98. The number of nitrogens with zero attached hydrogens (tertiary/aromatic N) is 2. The SMILES string of the molecule is CN=CC(Cc1cnc(Br)s1)/C(I)=C/C=C\N. The molecular weight excluding hydrogens is 413 g/mol. The lowest BCUT2D eigenvalue weighted by Gasteiger charge is -2.09. The summed E-state index contributed by atoms with van der Waals surface area (Å²) in [4.78, 5) is 9.54. The highest BCUT2D eigenvalue weighted by atomic mass is 127. The lowest BCUT2D eigenvalue weighted by atomic mass is 10.1. The third kappa shape index (κ3) is 5.31. The molecule has 2 N–H and O–H groups in total. The van der Waals surface area contributed by atoms with Crippen molar-refractivity contribution in [1.29, 1.82) is 0 Å². The van der Waals surface area contributed by atoms with Crippen LogP contribution >= 0.6 is 49.9 Å². The molecule has 3 nitrogen and oxygen atoms in total. The molecule has 1 rings (SSSR count). The van der Waals surface area contributed by atoms with Gasteiger partial charge in [-0.25, -0.2) is 4.98 Å². The molecule has 6 heteroatoms.